The third-order valence-corrected chi connectivity index (χ3v) is 4.02. The molecule has 1 aliphatic heterocycles. The quantitative estimate of drug-likeness (QED) is 0.637. The summed E-state index contributed by atoms with van der Waals surface area (Å²) >= 11 is 0. The summed E-state index contributed by atoms with van der Waals surface area (Å²) in [6.07, 6.45) is -0.172. The van der Waals surface area contributed by atoms with Gasteiger partial charge in [-0.2, -0.15) is 0 Å². The second-order valence-corrected chi connectivity index (χ2v) is 6.19. The molecular formula is C19H20N2O6. The molecule has 142 valence electrons. The van der Waals surface area contributed by atoms with E-state index in [-0.39, 0.29) is 11.4 Å². The summed E-state index contributed by atoms with van der Waals surface area (Å²) in [7, 11) is 0. The lowest BCUT2D eigenvalue weighted by Gasteiger charge is -2.16. The number of amides is 1. The normalized spacial score (nSPS) is 14.0. The minimum absolute atomic E-state index is 0.0357. The van der Waals surface area contributed by atoms with Crippen molar-refractivity contribution in [2.24, 2.45) is 0 Å². The van der Waals surface area contributed by atoms with Gasteiger partial charge < -0.3 is 19.5 Å². The molecule has 1 amide bonds. The highest BCUT2D eigenvalue weighted by Gasteiger charge is 2.25. The predicted octanol–water partition coefficient (Wildman–Crippen LogP) is 3.47. The van der Waals surface area contributed by atoms with E-state index in [0.29, 0.717) is 36.9 Å². The number of carbonyl (C=O) groups excluding carboxylic acids is 1. The molecule has 0 radical (unpaired) electrons. The van der Waals surface area contributed by atoms with E-state index in [1.807, 2.05) is 19.1 Å². The van der Waals surface area contributed by atoms with Gasteiger partial charge in [0, 0.05) is 12.5 Å². The Labute approximate surface area is 156 Å². The number of nitro groups is 1. The molecule has 2 aromatic carbocycles. The zero-order valence-corrected chi connectivity index (χ0v) is 15.1. The van der Waals surface area contributed by atoms with Gasteiger partial charge in [0.1, 0.15) is 11.4 Å². The lowest BCUT2D eigenvalue weighted by atomic mass is 10.2. The van der Waals surface area contributed by atoms with E-state index in [9.17, 15) is 14.9 Å². The van der Waals surface area contributed by atoms with Crippen LogP contribution in [0.15, 0.2) is 36.4 Å². The molecule has 1 aliphatic rings. The van der Waals surface area contributed by atoms with Gasteiger partial charge >= 0.3 is 0 Å². The Morgan fingerprint density at radius 1 is 1.19 bits per heavy atom. The maximum Gasteiger partial charge on any atom is 0.296 e. The van der Waals surface area contributed by atoms with Crippen molar-refractivity contribution in [2.45, 2.75) is 26.4 Å². The molecule has 1 heterocycles. The third kappa shape index (κ3) is 4.46. The van der Waals surface area contributed by atoms with Gasteiger partial charge in [-0.15, -0.1) is 0 Å². The summed E-state index contributed by atoms with van der Waals surface area (Å²) in [5, 5.41) is 13.9. The van der Waals surface area contributed by atoms with Crippen LogP contribution >= 0.6 is 0 Å². The SMILES string of the molecule is Cc1ccc(O[C@H](C)C(=O)Nc2cc3c(cc2[N+](=O)[O-])OCCCO3)cc1. The van der Waals surface area contributed by atoms with E-state index in [0.717, 1.165) is 5.56 Å². The zero-order valence-electron chi connectivity index (χ0n) is 15.1. The molecule has 0 saturated heterocycles. The minimum atomic E-state index is -0.844. The van der Waals surface area contributed by atoms with Crippen LogP contribution < -0.4 is 19.5 Å². The molecule has 2 aromatic rings. The highest BCUT2D eigenvalue weighted by Crippen LogP contribution is 2.39. The summed E-state index contributed by atoms with van der Waals surface area (Å²) in [6, 6.07) is 9.94. The number of carbonyl (C=O) groups is 1. The number of nitrogens with zero attached hydrogens (tertiary/aromatic N) is 1. The van der Waals surface area contributed by atoms with Crippen LogP contribution in [0.25, 0.3) is 0 Å². The molecular weight excluding hydrogens is 352 g/mol. The smallest absolute Gasteiger partial charge is 0.296 e. The number of anilines is 1. The van der Waals surface area contributed by atoms with E-state index in [1.54, 1.807) is 19.1 Å². The van der Waals surface area contributed by atoms with Gasteiger partial charge in [0.05, 0.1) is 24.2 Å². The number of rotatable bonds is 5. The zero-order chi connectivity index (χ0) is 19.4. The number of nitro benzene ring substituents is 1. The fourth-order valence-corrected chi connectivity index (χ4v) is 2.56. The molecule has 0 spiro atoms. The maximum atomic E-state index is 12.5. The minimum Gasteiger partial charge on any atom is -0.489 e. The highest BCUT2D eigenvalue weighted by atomic mass is 16.6. The van der Waals surface area contributed by atoms with Crippen LogP contribution in [-0.2, 0) is 4.79 Å². The second-order valence-electron chi connectivity index (χ2n) is 6.19. The first-order valence-electron chi connectivity index (χ1n) is 8.56. The number of fused-ring (bicyclic) bond motifs is 1. The van der Waals surface area contributed by atoms with Crippen LogP contribution in [0.3, 0.4) is 0 Å². The van der Waals surface area contributed by atoms with E-state index >= 15 is 0 Å². The number of aryl methyl sites for hydroxylation is 1. The van der Waals surface area contributed by atoms with Crippen LogP contribution in [0.4, 0.5) is 11.4 Å². The molecule has 1 N–H and O–H groups in total. The Morgan fingerprint density at radius 3 is 2.44 bits per heavy atom. The third-order valence-electron chi connectivity index (χ3n) is 4.02. The maximum absolute atomic E-state index is 12.5. The van der Waals surface area contributed by atoms with Crippen molar-refractivity contribution in [1.29, 1.82) is 0 Å². The second kappa shape index (κ2) is 7.94. The lowest BCUT2D eigenvalue weighted by molar-refractivity contribution is -0.384. The van der Waals surface area contributed by atoms with Crippen molar-refractivity contribution in [3.05, 3.63) is 52.1 Å². The van der Waals surface area contributed by atoms with Crippen molar-refractivity contribution >= 4 is 17.3 Å². The summed E-state index contributed by atoms with van der Waals surface area (Å²) < 4.78 is 16.6. The van der Waals surface area contributed by atoms with Crippen LogP contribution in [0.2, 0.25) is 0 Å². The molecule has 0 unspecified atom stereocenters. The van der Waals surface area contributed by atoms with E-state index in [4.69, 9.17) is 14.2 Å². The summed E-state index contributed by atoms with van der Waals surface area (Å²) in [6.45, 7) is 4.37. The molecule has 0 fully saturated rings. The molecule has 8 heteroatoms. The number of hydrogen-bond acceptors (Lipinski definition) is 6. The van der Waals surface area contributed by atoms with Crippen LogP contribution in [0.5, 0.6) is 17.2 Å². The molecule has 0 bridgehead atoms. The van der Waals surface area contributed by atoms with Crippen molar-refractivity contribution < 1.29 is 23.9 Å². The molecule has 0 aromatic heterocycles. The Kier molecular flexibility index (Phi) is 5.44. The van der Waals surface area contributed by atoms with Gasteiger partial charge in [-0.25, -0.2) is 0 Å². The Bertz CT molecular complexity index is 850. The molecule has 8 nitrogen and oxygen atoms in total. The molecule has 27 heavy (non-hydrogen) atoms. The van der Waals surface area contributed by atoms with Gasteiger partial charge in [0.15, 0.2) is 17.6 Å². The van der Waals surface area contributed by atoms with Crippen LogP contribution in [-0.4, -0.2) is 30.1 Å². The van der Waals surface area contributed by atoms with Crippen molar-refractivity contribution in [2.75, 3.05) is 18.5 Å². The predicted molar refractivity (Wildman–Crippen MR) is 98.6 cm³/mol. The number of benzene rings is 2. The van der Waals surface area contributed by atoms with Gasteiger partial charge in [0.2, 0.25) is 0 Å². The first-order chi connectivity index (χ1) is 12.9. The molecule has 0 saturated carbocycles. The van der Waals surface area contributed by atoms with Crippen molar-refractivity contribution in [3.8, 4) is 17.2 Å². The molecule has 1 atom stereocenters. The average molecular weight is 372 g/mol. The highest BCUT2D eigenvalue weighted by molar-refractivity contribution is 5.96. The Balaban J connectivity index is 1.78. The fraction of sp³-hybridized carbons (Fsp3) is 0.316. The summed E-state index contributed by atoms with van der Waals surface area (Å²) in [5.41, 5.74) is 0.839. The lowest BCUT2D eigenvalue weighted by Crippen LogP contribution is -2.30. The first-order valence-corrected chi connectivity index (χ1v) is 8.56. The topological polar surface area (TPSA) is 99.9 Å². The van der Waals surface area contributed by atoms with E-state index in [2.05, 4.69) is 5.32 Å². The van der Waals surface area contributed by atoms with Gasteiger partial charge in [-0.05, 0) is 26.0 Å². The van der Waals surface area contributed by atoms with Crippen LogP contribution in [0, 0.1) is 17.0 Å². The number of hydrogen-bond donors (Lipinski definition) is 1. The van der Waals surface area contributed by atoms with Gasteiger partial charge in [-0.1, -0.05) is 17.7 Å². The average Bonchev–Trinajstić information content (AvgIpc) is 2.87. The number of ether oxygens (including phenoxy) is 3. The Hall–Kier alpha value is -3.29. The van der Waals surface area contributed by atoms with E-state index < -0.39 is 16.9 Å². The van der Waals surface area contributed by atoms with Crippen LogP contribution in [0.1, 0.15) is 18.9 Å². The monoisotopic (exact) mass is 372 g/mol. The summed E-state index contributed by atoms with van der Waals surface area (Å²) in [5.74, 6) is 0.686. The van der Waals surface area contributed by atoms with Gasteiger partial charge in [-0.3, -0.25) is 14.9 Å². The number of nitrogens with one attached hydrogen (secondary N) is 1. The van der Waals surface area contributed by atoms with Crippen molar-refractivity contribution in [3.63, 3.8) is 0 Å². The van der Waals surface area contributed by atoms with Crippen molar-refractivity contribution in [1.82, 2.24) is 0 Å². The molecule has 0 aliphatic carbocycles. The largest absolute Gasteiger partial charge is 0.489 e. The fourth-order valence-electron chi connectivity index (χ4n) is 2.56. The van der Waals surface area contributed by atoms with Gasteiger partial charge in [0.25, 0.3) is 11.6 Å². The van der Waals surface area contributed by atoms with E-state index in [1.165, 1.54) is 12.1 Å². The Morgan fingerprint density at radius 2 is 1.81 bits per heavy atom. The first kappa shape index (κ1) is 18.5. The standard InChI is InChI=1S/C19H20N2O6/c1-12-4-6-14(7-5-12)27-13(2)19(22)20-15-10-17-18(11-16(15)21(23)24)26-9-3-8-25-17/h4-7,10-11,13H,3,8-9H2,1-2H3,(H,20,22)/t13-/m1/s1. The summed E-state index contributed by atoms with van der Waals surface area (Å²) in [4.78, 5) is 23.3. The molecule has 3 rings (SSSR count).